The topological polar surface area (TPSA) is 82.5 Å². The van der Waals surface area contributed by atoms with Crippen molar-refractivity contribution in [1.29, 1.82) is 5.41 Å². The SMILES string of the molecule is CCC(C(=N)C(=O)C1CCCC1)c1ncc(-c2ccncc2)[nH]1. The molecule has 2 N–H and O–H groups in total. The molecule has 0 bridgehead atoms. The zero-order valence-electron chi connectivity index (χ0n) is 13.4. The number of hydrogen-bond acceptors (Lipinski definition) is 4. The minimum absolute atomic E-state index is 0.0104. The van der Waals surface area contributed by atoms with E-state index >= 15 is 0 Å². The number of nitrogens with one attached hydrogen (secondary N) is 2. The van der Waals surface area contributed by atoms with E-state index in [2.05, 4.69) is 15.0 Å². The lowest BCUT2D eigenvalue weighted by molar-refractivity contribution is -0.116. The highest BCUT2D eigenvalue weighted by molar-refractivity contribution is 6.41. The molecule has 0 aromatic carbocycles. The summed E-state index contributed by atoms with van der Waals surface area (Å²) in [4.78, 5) is 24.2. The molecule has 3 rings (SSSR count). The molecule has 0 saturated heterocycles. The van der Waals surface area contributed by atoms with Gasteiger partial charge in [0.05, 0.1) is 23.5 Å². The summed E-state index contributed by atoms with van der Waals surface area (Å²) in [7, 11) is 0. The number of ketones is 1. The van der Waals surface area contributed by atoms with Crippen molar-refractivity contribution < 1.29 is 4.79 Å². The Morgan fingerprint density at radius 3 is 2.70 bits per heavy atom. The van der Waals surface area contributed by atoms with Crippen LogP contribution in [0.5, 0.6) is 0 Å². The quantitative estimate of drug-likeness (QED) is 0.797. The fourth-order valence-electron chi connectivity index (χ4n) is 3.31. The zero-order valence-corrected chi connectivity index (χ0v) is 13.4. The van der Waals surface area contributed by atoms with E-state index in [0.29, 0.717) is 12.2 Å². The first-order valence-electron chi connectivity index (χ1n) is 8.28. The molecule has 0 radical (unpaired) electrons. The van der Waals surface area contributed by atoms with Gasteiger partial charge in [-0.05, 0) is 31.4 Å². The largest absolute Gasteiger partial charge is 0.341 e. The fraction of sp³-hybridized carbons (Fsp3) is 0.444. The first-order chi connectivity index (χ1) is 11.2. The van der Waals surface area contributed by atoms with Crippen molar-refractivity contribution in [2.24, 2.45) is 5.92 Å². The smallest absolute Gasteiger partial charge is 0.180 e. The van der Waals surface area contributed by atoms with Gasteiger partial charge in [0.15, 0.2) is 5.78 Å². The lowest BCUT2D eigenvalue weighted by Crippen LogP contribution is -2.27. The van der Waals surface area contributed by atoms with Crippen LogP contribution in [0.3, 0.4) is 0 Å². The zero-order chi connectivity index (χ0) is 16.2. The molecule has 1 fully saturated rings. The molecule has 1 atom stereocenters. The maximum Gasteiger partial charge on any atom is 0.180 e. The molecule has 2 aromatic rings. The van der Waals surface area contributed by atoms with Crippen LogP contribution in [-0.2, 0) is 4.79 Å². The summed E-state index contributed by atoms with van der Waals surface area (Å²) in [5.41, 5.74) is 2.10. The summed E-state index contributed by atoms with van der Waals surface area (Å²) in [6, 6.07) is 3.82. The van der Waals surface area contributed by atoms with Crippen molar-refractivity contribution in [2.45, 2.75) is 44.9 Å². The molecular weight excluding hydrogens is 288 g/mol. The fourth-order valence-corrected chi connectivity index (χ4v) is 3.31. The Labute approximate surface area is 136 Å². The molecule has 1 saturated carbocycles. The van der Waals surface area contributed by atoms with Gasteiger partial charge in [0.1, 0.15) is 5.82 Å². The molecular formula is C18H22N4O. The van der Waals surface area contributed by atoms with Crippen LogP contribution in [-0.4, -0.2) is 26.4 Å². The van der Waals surface area contributed by atoms with E-state index in [0.717, 1.165) is 36.9 Å². The van der Waals surface area contributed by atoms with Crippen LogP contribution in [0.25, 0.3) is 11.3 Å². The highest BCUT2D eigenvalue weighted by atomic mass is 16.1. The van der Waals surface area contributed by atoms with Crippen LogP contribution in [0, 0.1) is 11.3 Å². The van der Waals surface area contributed by atoms with Gasteiger partial charge >= 0.3 is 0 Å². The maximum atomic E-state index is 12.5. The van der Waals surface area contributed by atoms with Crippen LogP contribution in [0.1, 0.15) is 50.8 Å². The Balaban J connectivity index is 1.79. The molecule has 23 heavy (non-hydrogen) atoms. The van der Waals surface area contributed by atoms with Crippen LogP contribution in [0.15, 0.2) is 30.7 Å². The van der Waals surface area contributed by atoms with Gasteiger partial charge < -0.3 is 10.4 Å². The van der Waals surface area contributed by atoms with Gasteiger partial charge in [-0.15, -0.1) is 0 Å². The van der Waals surface area contributed by atoms with E-state index in [9.17, 15) is 4.79 Å². The molecule has 2 heterocycles. The summed E-state index contributed by atoms with van der Waals surface area (Å²) < 4.78 is 0. The van der Waals surface area contributed by atoms with E-state index < -0.39 is 0 Å². The van der Waals surface area contributed by atoms with E-state index in [1.807, 2.05) is 19.1 Å². The van der Waals surface area contributed by atoms with Crippen molar-refractivity contribution in [3.63, 3.8) is 0 Å². The molecule has 1 unspecified atom stereocenters. The van der Waals surface area contributed by atoms with Crippen LogP contribution >= 0.6 is 0 Å². The van der Waals surface area contributed by atoms with Gasteiger partial charge in [-0.1, -0.05) is 19.8 Å². The van der Waals surface area contributed by atoms with Crippen LogP contribution in [0.2, 0.25) is 0 Å². The van der Waals surface area contributed by atoms with Crippen molar-refractivity contribution in [3.8, 4) is 11.3 Å². The number of hydrogen-bond donors (Lipinski definition) is 2. The molecule has 1 aliphatic carbocycles. The second-order valence-electron chi connectivity index (χ2n) is 6.14. The standard InChI is InChI=1S/C18H22N4O/c1-2-14(16(19)17(23)13-5-3-4-6-13)18-21-11-15(22-18)12-7-9-20-10-8-12/h7-11,13-14,19H,2-6H2,1H3,(H,21,22). The molecule has 5 heteroatoms. The van der Waals surface area contributed by atoms with Crippen molar-refractivity contribution >= 4 is 11.5 Å². The van der Waals surface area contributed by atoms with E-state index in [-0.39, 0.29) is 23.3 Å². The summed E-state index contributed by atoms with van der Waals surface area (Å²) in [6.07, 6.45) is 10.00. The Hall–Kier alpha value is -2.30. The van der Waals surface area contributed by atoms with Crippen LogP contribution in [0.4, 0.5) is 0 Å². The number of aromatic amines is 1. The number of rotatable bonds is 6. The first-order valence-corrected chi connectivity index (χ1v) is 8.28. The Morgan fingerprint density at radius 1 is 1.35 bits per heavy atom. The number of nitrogens with zero attached hydrogens (tertiary/aromatic N) is 2. The van der Waals surface area contributed by atoms with Gasteiger partial charge in [-0.2, -0.15) is 0 Å². The highest BCUT2D eigenvalue weighted by Crippen LogP contribution is 2.29. The average Bonchev–Trinajstić information content (AvgIpc) is 3.27. The second kappa shape index (κ2) is 6.86. The van der Waals surface area contributed by atoms with Gasteiger partial charge in [-0.3, -0.25) is 9.78 Å². The van der Waals surface area contributed by atoms with E-state index in [1.54, 1.807) is 18.6 Å². The summed E-state index contributed by atoms with van der Waals surface area (Å²) in [5.74, 6) is 0.511. The third kappa shape index (κ3) is 3.23. The highest BCUT2D eigenvalue weighted by Gasteiger charge is 2.31. The Kier molecular flexibility index (Phi) is 4.65. The number of aromatic nitrogens is 3. The maximum absolute atomic E-state index is 12.5. The lowest BCUT2D eigenvalue weighted by Gasteiger charge is -2.16. The van der Waals surface area contributed by atoms with Crippen molar-refractivity contribution in [1.82, 2.24) is 15.0 Å². The average molecular weight is 310 g/mol. The van der Waals surface area contributed by atoms with Crippen LogP contribution < -0.4 is 0 Å². The summed E-state index contributed by atoms with van der Waals surface area (Å²) >= 11 is 0. The number of imidazole rings is 1. The predicted octanol–water partition coefficient (Wildman–Crippen LogP) is 3.74. The number of Topliss-reactive ketones (excluding diaryl/α,β-unsaturated/α-hetero) is 1. The van der Waals surface area contributed by atoms with Crippen molar-refractivity contribution in [3.05, 3.63) is 36.5 Å². The minimum atomic E-state index is -0.251. The number of H-pyrrole nitrogens is 1. The third-order valence-corrected chi connectivity index (χ3v) is 4.66. The minimum Gasteiger partial charge on any atom is -0.341 e. The number of carbonyl (C=O) groups is 1. The summed E-state index contributed by atoms with van der Waals surface area (Å²) in [5, 5.41) is 8.35. The molecule has 0 aliphatic heterocycles. The molecule has 120 valence electrons. The number of carbonyl (C=O) groups excluding carboxylic acids is 1. The van der Waals surface area contributed by atoms with Gasteiger partial charge in [-0.25, -0.2) is 4.98 Å². The van der Waals surface area contributed by atoms with Gasteiger partial charge in [0.25, 0.3) is 0 Å². The molecule has 0 amide bonds. The van der Waals surface area contributed by atoms with E-state index in [4.69, 9.17) is 5.41 Å². The number of pyridine rings is 1. The monoisotopic (exact) mass is 310 g/mol. The second-order valence-corrected chi connectivity index (χ2v) is 6.14. The third-order valence-electron chi connectivity index (χ3n) is 4.66. The van der Waals surface area contributed by atoms with Crippen molar-refractivity contribution in [2.75, 3.05) is 0 Å². The molecule has 5 nitrogen and oxygen atoms in total. The predicted molar refractivity (Wildman–Crippen MR) is 89.5 cm³/mol. The Morgan fingerprint density at radius 2 is 2.04 bits per heavy atom. The van der Waals surface area contributed by atoms with E-state index in [1.165, 1.54) is 0 Å². The van der Waals surface area contributed by atoms with Gasteiger partial charge in [0, 0.05) is 23.9 Å². The van der Waals surface area contributed by atoms with Gasteiger partial charge in [0.2, 0.25) is 0 Å². The lowest BCUT2D eigenvalue weighted by atomic mass is 9.89. The summed E-state index contributed by atoms with van der Waals surface area (Å²) in [6.45, 7) is 2.00. The molecule has 2 aromatic heterocycles. The molecule has 1 aliphatic rings. The normalized spacial score (nSPS) is 16.4. The Bertz CT molecular complexity index is 686. The molecule has 0 spiro atoms. The first kappa shape index (κ1) is 15.6.